The average molecular weight is 367 g/mol. The standard InChI is InChI=1S/C20H18FN3O3/c1-26-20-16(21)6-14(10-24-20)13-7-17-15(3-2-4-22-17)18(8-13)27-11-12-5-19(25)23-9-12/h2-4,6-8,10,12H,5,9,11H2,1H3,(H,23,25)/t12-/m1/s1. The summed E-state index contributed by atoms with van der Waals surface area (Å²) in [6.07, 6.45) is 3.71. The van der Waals surface area contributed by atoms with Crippen LogP contribution in [-0.4, -0.2) is 36.1 Å². The highest BCUT2D eigenvalue weighted by Crippen LogP contribution is 2.33. The summed E-state index contributed by atoms with van der Waals surface area (Å²) in [5.41, 5.74) is 2.08. The van der Waals surface area contributed by atoms with Gasteiger partial charge < -0.3 is 14.8 Å². The topological polar surface area (TPSA) is 73.3 Å². The third-order valence-electron chi connectivity index (χ3n) is 4.55. The van der Waals surface area contributed by atoms with Gasteiger partial charge in [0, 0.05) is 42.2 Å². The van der Waals surface area contributed by atoms with Crippen molar-refractivity contribution in [3.8, 4) is 22.8 Å². The number of carbonyl (C=O) groups excluding carboxylic acids is 1. The minimum Gasteiger partial charge on any atom is -0.492 e. The largest absolute Gasteiger partial charge is 0.492 e. The van der Waals surface area contributed by atoms with Gasteiger partial charge in [0.2, 0.25) is 11.8 Å². The Balaban J connectivity index is 1.69. The van der Waals surface area contributed by atoms with E-state index in [2.05, 4.69) is 15.3 Å². The second kappa shape index (κ2) is 7.19. The van der Waals surface area contributed by atoms with E-state index >= 15 is 0 Å². The first-order valence-corrected chi connectivity index (χ1v) is 8.62. The number of methoxy groups -OCH3 is 1. The highest BCUT2D eigenvalue weighted by atomic mass is 19.1. The van der Waals surface area contributed by atoms with E-state index in [-0.39, 0.29) is 17.7 Å². The molecule has 1 saturated heterocycles. The number of hydrogen-bond acceptors (Lipinski definition) is 5. The molecule has 0 unspecified atom stereocenters. The van der Waals surface area contributed by atoms with Crippen molar-refractivity contribution >= 4 is 16.8 Å². The van der Waals surface area contributed by atoms with Crippen LogP contribution in [0.5, 0.6) is 11.6 Å². The van der Waals surface area contributed by atoms with Crippen LogP contribution in [0.3, 0.4) is 0 Å². The molecule has 2 aromatic heterocycles. The van der Waals surface area contributed by atoms with Crippen LogP contribution < -0.4 is 14.8 Å². The van der Waals surface area contributed by atoms with Crippen molar-refractivity contribution in [2.24, 2.45) is 5.92 Å². The molecule has 1 aromatic carbocycles. The predicted octanol–water partition coefficient (Wildman–Crippen LogP) is 2.96. The molecular formula is C20H18FN3O3. The van der Waals surface area contributed by atoms with Gasteiger partial charge >= 0.3 is 0 Å². The lowest BCUT2D eigenvalue weighted by atomic mass is 10.0. The van der Waals surface area contributed by atoms with Gasteiger partial charge in [0.05, 0.1) is 19.2 Å². The Kier molecular flexibility index (Phi) is 4.58. The van der Waals surface area contributed by atoms with Gasteiger partial charge in [-0.15, -0.1) is 0 Å². The molecule has 0 radical (unpaired) electrons. The fourth-order valence-corrected chi connectivity index (χ4v) is 3.16. The molecule has 1 N–H and O–H groups in total. The molecule has 6 nitrogen and oxygen atoms in total. The fourth-order valence-electron chi connectivity index (χ4n) is 3.16. The highest BCUT2D eigenvalue weighted by molar-refractivity contribution is 5.90. The normalized spacial score (nSPS) is 16.4. The lowest BCUT2D eigenvalue weighted by Crippen LogP contribution is -2.16. The molecular weight excluding hydrogens is 349 g/mol. The van der Waals surface area contributed by atoms with Crippen LogP contribution in [0.25, 0.3) is 22.0 Å². The molecule has 3 aromatic rings. The number of benzene rings is 1. The number of hydrogen-bond donors (Lipinski definition) is 1. The molecule has 1 aliphatic heterocycles. The van der Waals surface area contributed by atoms with Gasteiger partial charge in [0.25, 0.3) is 0 Å². The molecule has 0 spiro atoms. The number of carbonyl (C=O) groups is 1. The van der Waals surface area contributed by atoms with E-state index in [0.29, 0.717) is 30.9 Å². The van der Waals surface area contributed by atoms with Gasteiger partial charge in [0.15, 0.2) is 5.82 Å². The van der Waals surface area contributed by atoms with E-state index in [1.165, 1.54) is 13.2 Å². The SMILES string of the molecule is COc1ncc(-c2cc(OC[C@H]3CNC(=O)C3)c3cccnc3c2)cc1F. The van der Waals surface area contributed by atoms with Crippen LogP contribution in [0.15, 0.2) is 42.7 Å². The number of aromatic nitrogens is 2. The maximum absolute atomic E-state index is 14.1. The van der Waals surface area contributed by atoms with Crippen molar-refractivity contribution in [1.29, 1.82) is 0 Å². The van der Waals surface area contributed by atoms with Gasteiger partial charge in [0.1, 0.15) is 5.75 Å². The smallest absolute Gasteiger partial charge is 0.250 e. The first-order chi connectivity index (χ1) is 13.1. The number of ether oxygens (including phenoxy) is 2. The van der Waals surface area contributed by atoms with E-state index in [4.69, 9.17) is 9.47 Å². The number of nitrogens with one attached hydrogen (secondary N) is 1. The van der Waals surface area contributed by atoms with Crippen molar-refractivity contribution < 1.29 is 18.7 Å². The molecule has 0 aliphatic carbocycles. The number of nitrogens with zero attached hydrogens (tertiary/aromatic N) is 2. The van der Waals surface area contributed by atoms with E-state index in [0.717, 1.165) is 16.5 Å². The second-order valence-corrected chi connectivity index (χ2v) is 6.44. The quantitative estimate of drug-likeness (QED) is 0.751. The zero-order chi connectivity index (χ0) is 18.8. The third kappa shape index (κ3) is 3.53. The van der Waals surface area contributed by atoms with Gasteiger partial charge in [-0.1, -0.05) is 0 Å². The first-order valence-electron chi connectivity index (χ1n) is 8.62. The maximum Gasteiger partial charge on any atom is 0.250 e. The molecule has 138 valence electrons. The molecule has 1 atom stereocenters. The Hall–Kier alpha value is -3.22. The van der Waals surface area contributed by atoms with Crippen LogP contribution in [0.4, 0.5) is 4.39 Å². The van der Waals surface area contributed by atoms with Gasteiger partial charge in [-0.3, -0.25) is 9.78 Å². The monoisotopic (exact) mass is 367 g/mol. The minimum absolute atomic E-state index is 0.0451. The Labute approximate surface area is 155 Å². The van der Waals surface area contributed by atoms with Gasteiger partial charge in [-0.2, -0.15) is 0 Å². The molecule has 1 aliphatic rings. The summed E-state index contributed by atoms with van der Waals surface area (Å²) in [6.45, 7) is 1.03. The lowest BCUT2D eigenvalue weighted by molar-refractivity contribution is -0.119. The Morgan fingerprint density at radius 2 is 2.15 bits per heavy atom. The Morgan fingerprint density at radius 3 is 2.89 bits per heavy atom. The number of pyridine rings is 2. The van der Waals surface area contributed by atoms with E-state index in [1.54, 1.807) is 12.4 Å². The van der Waals surface area contributed by atoms with Crippen LogP contribution >= 0.6 is 0 Å². The van der Waals surface area contributed by atoms with Crippen LogP contribution in [0.1, 0.15) is 6.42 Å². The van der Waals surface area contributed by atoms with Crippen LogP contribution in [0, 0.1) is 11.7 Å². The predicted molar refractivity (Wildman–Crippen MR) is 98.1 cm³/mol. The zero-order valence-corrected chi connectivity index (χ0v) is 14.7. The van der Waals surface area contributed by atoms with Gasteiger partial charge in [-0.05, 0) is 35.9 Å². The van der Waals surface area contributed by atoms with E-state index in [9.17, 15) is 9.18 Å². The maximum atomic E-state index is 14.1. The second-order valence-electron chi connectivity index (χ2n) is 6.44. The fraction of sp³-hybridized carbons (Fsp3) is 0.250. The van der Waals surface area contributed by atoms with Crippen LogP contribution in [0.2, 0.25) is 0 Å². The summed E-state index contributed by atoms with van der Waals surface area (Å²) in [5, 5.41) is 3.67. The molecule has 4 rings (SSSR count). The molecule has 0 saturated carbocycles. The lowest BCUT2D eigenvalue weighted by Gasteiger charge is -2.14. The molecule has 0 bridgehead atoms. The minimum atomic E-state index is -0.533. The number of amides is 1. The molecule has 1 amide bonds. The number of halogens is 1. The van der Waals surface area contributed by atoms with Crippen molar-refractivity contribution in [1.82, 2.24) is 15.3 Å². The molecule has 27 heavy (non-hydrogen) atoms. The molecule has 7 heteroatoms. The zero-order valence-electron chi connectivity index (χ0n) is 14.7. The summed E-state index contributed by atoms with van der Waals surface area (Å²) in [7, 11) is 1.37. The number of rotatable bonds is 5. The van der Waals surface area contributed by atoms with Crippen molar-refractivity contribution in [3.63, 3.8) is 0 Å². The molecule has 1 fully saturated rings. The van der Waals surface area contributed by atoms with E-state index < -0.39 is 5.82 Å². The van der Waals surface area contributed by atoms with Crippen molar-refractivity contribution in [2.75, 3.05) is 20.3 Å². The number of fused-ring (bicyclic) bond motifs is 1. The van der Waals surface area contributed by atoms with Gasteiger partial charge in [-0.25, -0.2) is 9.37 Å². The average Bonchev–Trinajstić information content (AvgIpc) is 3.11. The summed E-state index contributed by atoms with van der Waals surface area (Å²) < 4.78 is 25.0. The summed E-state index contributed by atoms with van der Waals surface area (Å²) in [5.74, 6) is 0.240. The third-order valence-corrected chi connectivity index (χ3v) is 4.55. The molecule has 3 heterocycles. The highest BCUT2D eigenvalue weighted by Gasteiger charge is 2.22. The van der Waals surface area contributed by atoms with Crippen molar-refractivity contribution in [3.05, 3.63) is 48.5 Å². The van der Waals surface area contributed by atoms with E-state index in [1.807, 2.05) is 24.3 Å². The Bertz CT molecular complexity index is 1010. The first kappa shape index (κ1) is 17.2. The van der Waals surface area contributed by atoms with Crippen LogP contribution in [-0.2, 0) is 4.79 Å². The summed E-state index contributed by atoms with van der Waals surface area (Å²) in [4.78, 5) is 19.8. The van der Waals surface area contributed by atoms with Crippen molar-refractivity contribution in [2.45, 2.75) is 6.42 Å². The Morgan fingerprint density at radius 1 is 1.26 bits per heavy atom. The summed E-state index contributed by atoms with van der Waals surface area (Å²) >= 11 is 0. The summed E-state index contributed by atoms with van der Waals surface area (Å²) in [6, 6.07) is 8.85.